The highest BCUT2D eigenvalue weighted by molar-refractivity contribution is 5.28. The summed E-state index contributed by atoms with van der Waals surface area (Å²) in [5.74, 6) is -2.66. The van der Waals surface area contributed by atoms with Gasteiger partial charge >= 0.3 is 0 Å². The minimum absolute atomic E-state index is 0.134. The van der Waals surface area contributed by atoms with E-state index in [2.05, 4.69) is 31.2 Å². The Morgan fingerprint density at radius 2 is 1.06 bits per heavy atom. The molecule has 2 aliphatic rings. The minimum Gasteiger partial charge on any atom is -0.251 e. The van der Waals surface area contributed by atoms with Crippen molar-refractivity contribution in [3.8, 4) is 0 Å². The van der Waals surface area contributed by atoms with E-state index >= 15 is 0 Å². The molecule has 4 rings (SSSR count). The van der Waals surface area contributed by atoms with E-state index < -0.39 is 23.3 Å². The van der Waals surface area contributed by atoms with Gasteiger partial charge in [-0.15, -0.1) is 0 Å². The molecule has 0 atom stereocenters. The number of alkyl halides is 1. The monoisotopic (exact) mass is 480 g/mol. The molecule has 188 valence electrons. The molecule has 0 heterocycles. The van der Waals surface area contributed by atoms with E-state index in [1.165, 1.54) is 69.8 Å². The van der Waals surface area contributed by atoms with Gasteiger partial charge in [0.1, 0.15) is 5.82 Å². The predicted octanol–water partition coefficient (Wildman–Crippen LogP) is 9.64. The topological polar surface area (TPSA) is 0 Å². The normalized spacial score (nSPS) is 24.9. The third kappa shape index (κ3) is 7.55. The van der Waals surface area contributed by atoms with E-state index in [1.54, 1.807) is 5.56 Å². The maximum absolute atomic E-state index is 12.5. The third-order valence-electron chi connectivity index (χ3n) is 7.74. The summed E-state index contributed by atoms with van der Waals surface area (Å²) in [6.07, 6.45) is 14.1. The molecule has 0 nitrogen and oxygen atoms in total. The molecule has 2 saturated carbocycles. The van der Waals surface area contributed by atoms with Crippen molar-refractivity contribution in [2.45, 2.75) is 89.4 Å². The van der Waals surface area contributed by atoms with E-state index in [-0.39, 0.29) is 18.8 Å². The SMILES string of the molecule is CCCC1CCC(c2ccc(C3CCC(CCF)CC3)cc2)CC1.Fc1cc(F)c(F)c(F)c1. The Labute approximate surface area is 201 Å². The van der Waals surface area contributed by atoms with Crippen molar-refractivity contribution in [3.63, 3.8) is 0 Å². The van der Waals surface area contributed by atoms with Gasteiger partial charge in [-0.2, -0.15) is 0 Å². The van der Waals surface area contributed by atoms with Crippen molar-refractivity contribution in [2.75, 3.05) is 6.67 Å². The molecule has 5 heteroatoms. The molecule has 0 bridgehead atoms. The number of benzene rings is 2. The first-order chi connectivity index (χ1) is 16.4. The van der Waals surface area contributed by atoms with Crippen LogP contribution in [0.4, 0.5) is 22.0 Å². The summed E-state index contributed by atoms with van der Waals surface area (Å²) in [4.78, 5) is 0. The zero-order valence-corrected chi connectivity index (χ0v) is 20.1. The summed E-state index contributed by atoms with van der Waals surface area (Å²) in [5, 5.41) is 0. The lowest BCUT2D eigenvalue weighted by Crippen LogP contribution is -2.15. The summed E-state index contributed by atoms with van der Waals surface area (Å²) in [7, 11) is 0. The average molecular weight is 481 g/mol. The summed E-state index contributed by atoms with van der Waals surface area (Å²) in [5.41, 5.74) is 3.09. The molecule has 0 aliphatic heterocycles. The molecule has 2 aliphatic carbocycles. The lowest BCUT2D eigenvalue weighted by Gasteiger charge is -2.30. The van der Waals surface area contributed by atoms with E-state index in [0.717, 1.165) is 24.2 Å². The van der Waals surface area contributed by atoms with Crippen LogP contribution in [0.25, 0.3) is 0 Å². The Morgan fingerprint density at radius 3 is 1.44 bits per heavy atom. The fraction of sp³-hybridized carbons (Fsp3) is 0.586. The molecule has 0 aromatic heterocycles. The van der Waals surface area contributed by atoms with Gasteiger partial charge in [0.15, 0.2) is 17.5 Å². The number of rotatable bonds is 6. The molecule has 0 saturated heterocycles. The Bertz CT molecular complexity index is 795. The van der Waals surface area contributed by atoms with E-state index in [0.29, 0.717) is 5.92 Å². The fourth-order valence-corrected chi connectivity index (χ4v) is 5.70. The van der Waals surface area contributed by atoms with Gasteiger partial charge in [-0.1, -0.05) is 44.0 Å². The second-order valence-corrected chi connectivity index (χ2v) is 10.1. The maximum atomic E-state index is 12.5. The molecule has 0 radical (unpaired) electrons. The van der Waals surface area contributed by atoms with Crippen LogP contribution >= 0.6 is 0 Å². The highest BCUT2D eigenvalue weighted by Crippen LogP contribution is 2.40. The Balaban J connectivity index is 0.000000271. The van der Waals surface area contributed by atoms with Crippen LogP contribution in [0.1, 0.15) is 101 Å². The first-order valence-electron chi connectivity index (χ1n) is 12.9. The van der Waals surface area contributed by atoms with Gasteiger partial charge in [0.25, 0.3) is 0 Å². The largest absolute Gasteiger partial charge is 0.251 e. The highest BCUT2D eigenvalue weighted by atomic mass is 19.2. The molecule has 2 aromatic rings. The zero-order chi connectivity index (χ0) is 24.5. The average Bonchev–Trinajstić information content (AvgIpc) is 2.84. The smallest absolute Gasteiger partial charge is 0.194 e. The number of halogens is 5. The Kier molecular flexibility index (Phi) is 10.4. The maximum Gasteiger partial charge on any atom is 0.194 e. The van der Waals surface area contributed by atoms with E-state index in [4.69, 9.17) is 0 Å². The van der Waals surface area contributed by atoms with Crippen molar-refractivity contribution >= 4 is 0 Å². The van der Waals surface area contributed by atoms with Crippen LogP contribution in [0.2, 0.25) is 0 Å². The summed E-state index contributed by atoms with van der Waals surface area (Å²) in [6, 6.07) is 10.2. The van der Waals surface area contributed by atoms with Crippen molar-refractivity contribution < 1.29 is 22.0 Å². The molecule has 2 aromatic carbocycles. The molecular weight excluding hydrogens is 443 g/mol. The third-order valence-corrected chi connectivity index (χ3v) is 7.74. The van der Waals surface area contributed by atoms with Gasteiger partial charge in [0.2, 0.25) is 0 Å². The van der Waals surface area contributed by atoms with Gasteiger partial charge in [-0.25, -0.2) is 17.6 Å². The molecule has 2 fully saturated rings. The van der Waals surface area contributed by atoms with E-state index in [9.17, 15) is 22.0 Å². The van der Waals surface area contributed by atoms with Gasteiger partial charge in [-0.05, 0) is 92.6 Å². The van der Waals surface area contributed by atoms with Crippen molar-refractivity contribution in [2.24, 2.45) is 11.8 Å². The standard InChI is InChI=1S/C23H35F.C6H2F4/c1-2-3-18-4-8-20(9-5-18)22-12-14-23(15-13-22)21-10-6-19(7-11-21)16-17-24;7-3-1-4(8)6(10)5(9)2-3/h12-15,18-21H,2-11,16-17H2,1H3;1-2H. The van der Waals surface area contributed by atoms with Crippen molar-refractivity contribution in [1.82, 2.24) is 0 Å². The first-order valence-corrected chi connectivity index (χ1v) is 12.9. The number of hydrogen-bond acceptors (Lipinski definition) is 0. The van der Waals surface area contributed by atoms with Crippen LogP contribution in [-0.2, 0) is 0 Å². The van der Waals surface area contributed by atoms with Gasteiger partial charge in [0.05, 0.1) is 6.67 Å². The lowest BCUT2D eigenvalue weighted by molar-refractivity contribution is 0.283. The molecule has 0 spiro atoms. The van der Waals surface area contributed by atoms with Gasteiger partial charge < -0.3 is 0 Å². The summed E-state index contributed by atoms with van der Waals surface area (Å²) < 4.78 is 60.4. The lowest BCUT2D eigenvalue weighted by atomic mass is 9.75. The molecule has 0 N–H and O–H groups in total. The second kappa shape index (κ2) is 13.3. The van der Waals surface area contributed by atoms with Gasteiger partial charge in [0, 0.05) is 12.1 Å². The van der Waals surface area contributed by atoms with Crippen LogP contribution in [0, 0.1) is 35.1 Å². The Morgan fingerprint density at radius 1 is 0.647 bits per heavy atom. The summed E-state index contributed by atoms with van der Waals surface area (Å²) in [6.45, 7) is 2.18. The minimum atomic E-state index is -1.65. The van der Waals surface area contributed by atoms with Crippen LogP contribution < -0.4 is 0 Å². The van der Waals surface area contributed by atoms with Crippen LogP contribution in [0.15, 0.2) is 36.4 Å². The predicted molar refractivity (Wildman–Crippen MR) is 128 cm³/mol. The van der Waals surface area contributed by atoms with Crippen molar-refractivity contribution in [1.29, 1.82) is 0 Å². The second-order valence-electron chi connectivity index (χ2n) is 10.1. The Hall–Kier alpha value is -1.91. The fourth-order valence-electron chi connectivity index (χ4n) is 5.70. The quantitative estimate of drug-likeness (QED) is 0.219. The molecule has 0 unspecified atom stereocenters. The van der Waals surface area contributed by atoms with E-state index in [1.807, 2.05) is 0 Å². The molecule has 0 amide bonds. The van der Waals surface area contributed by atoms with Crippen LogP contribution in [0.3, 0.4) is 0 Å². The van der Waals surface area contributed by atoms with Crippen LogP contribution in [0.5, 0.6) is 0 Å². The molecule has 34 heavy (non-hydrogen) atoms. The molecular formula is C29H37F5. The van der Waals surface area contributed by atoms with Crippen LogP contribution in [-0.4, -0.2) is 6.67 Å². The van der Waals surface area contributed by atoms with Crippen molar-refractivity contribution in [3.05, 3.63) is 70.8 Å². The number of hydrogen-bond donors (Lipinski definition) is 0. The first kappa shape index (κ1) is 26.7. The van der Waals surface area contributed by atoms with Gasteiger partial charge in [-0.3, -0.25) is 4.39 Å². The highest BCUT2D eigenvalue weighted by Gasteiger charge is 2.24. The summed E-state index contributed by atoms with van der Waals surface area (Å²) >= 11 is 0. The zero-order valence-electron chi connectivity index (χ0n) is 20.1.